The first kappa shape index (κ1) is 8.48. The average Bonchev–Trinajstić information content (AvgIpc) is 2.46. The van der Waals surface area contributed by atoms with Crippen molar-refractivity contribution in [2.75, 3.05) is 0 Å². The second-order valence-electron chi connectivity index (χ2n) is 3.77. The highest BCUT2D eigenvalue weighted by Gasteiger charge is 2.27. The molecule has 2 aliphatic rings. The van der Waals surface area contributed by atoms with E-state index in [0.29, 0.717) is 5.92 Å². The molecule has 1 N–H and O–H groups in total. The van der Waals surface area contributed by atoms with Crippen molar-refractivity contribution in [1.29, 1.82) is 0 Å². The smallest absolute Gasteiger partial charge is 0.139 e. The van der Waals surface area contributed by atoms with E-state index in [2.05, 4.69) is 30.2 Å². The van der Waals surface area contributed by atoms with E-state index in [1.807, 2.05) is 0 Å². The Morgan fingerprint density at radius 2 is 2.23 bits per heavy atom. The van der Waals surface area contributed by atoms with Crippen molar-refractivity contribution < 1.29 is 4.39 Å². The molecule has 0 fully saturated rings. The number of rotatable bonds is 1. The highest BCUT2D eigenvalue weighted by Crippen LogP contribution is 2.23. The molecule has 0 aromatic heterocycles. The Balaban J connectivity index is 2.17. The van der Waals surface area contributed by atoms with E-state index in [0.717, 1.165) is 5.70 Å². The number of nitrogens with one attached hydrogen (secondary N) is 1. The van der Waals surface area contributed by atoms with Gasteiger partial charge in [-0.2, -0.15) is 0 Å². The quantitative estimate of drug-likeness (QED) is 0.653. The first-order valence-corrected chi connectivity index (χ1v) is 4.55. The fourth-order valence-electron chi connectivity index (χ4n) is 1.62. The molecule has 0 saturated carbocycles. The molecule has 3 heteroatoms. The Hall–Kier alpha value is -1.12. The molecule has 2 aliphatic heterocycles. The van der Waals surface area contributed by atoms with Crippen molar-refractivity contribution in [3.63, 3.8) is 0 Å². The van der Waals surface area contributed by atoms with Crippen molar-refractivity contribution in [1.82, 2.24) is 5.32 Å². The summed E-state index contributed by atoms with van der Waals surface area (Å²) in [7, 11) is 0. The van der Waals surface area contributed by atoms with Gasteiger partial charge in [0, 0.05) is 5.70 Å². The van der Waals surface area contributed by atoms with Crippen LogP contribution in [0.3, 0.4) is 0 Å². The lowest BCUT2D eigenvalue weighted by Crippen LogP contribution is -2.31. The first-order valence-electron chi connectivity index (χ1n) is 4.55. The van der Waals surface area contributed by atoms with Gasteiger partial charge in [-0.3, -0.25) is 4.99 Å². The van der Waals surface area contributed by atoms with Crippen LogP contribution in [0.1, 0.15) is 13.8 Å². The van der Waals surface area contributed by atoms with Gasteiger partial charge >= 0.3 is 0 Å². The Bertz CT molecular complexity index is 302. The summed E-state index contributed by atoms with van der Waals surface area (Å²) in [6.07, 6.45) is 4.96. The molecule has 0 amide bonds. The lowest BCUT2D eigenvalue weighted by Gasteiger charge is -2.17. The van der Waals surface area contributed by atoms with Gasteiger partial charge in [0.15, 0.2) is 0 Å². The summed E-state index contributed by atoms with van der Waals surface area (Å²) in [5, 5.41) is 3.25. The molecule has 2 nitrogen and oxygen atoms in total. The van der Waals surface area contributed by atoms with Crippen molar-refractivity contribution in [3.05, 3.63) is 23.7 Å². The number of nitrogens with zero attached hydrogens (tertiary/aromatic N) is 1. The van der Waals surface area contributed by atoms with Crippen LogP contribution in [-0.2, 0) is 0 Å². The summed E-state index contributed by atoms with van der Waals surface area (Å²) in [6, 6.07) is 0.124. The molecule has 0 radical (unpaired) electrons. The van der Waals surface area contributed by atoms with Gasteiger partial charge in [0.2, 0.25) is 0 Å². The number of halogens is 1. The fourth-order valence-corrected chi connectivity index (χ4v) is 1.62. The van der Waals surface area contributed by atoms with Crippen LogP contribution in [0.15, 0.2) is 28.7 Å². The Morgan fingerprint density at radius 1 is 1.46 bits per heavy atom. The lowest BCUT2D eigenvalue weighted by atomic mass is 10.1. The van der Waals surface area contributed by atoms with E-state index < -0.39 is 0 Å². The average molecular weight is 180 g/mol. The minimum atomic E-state index is -0.243. The fraction of sp³-hybridized carbons (Fsp3) is 0.500. The Morgan fingerprint density at radius 3 is 2.92 bits per heavy atom. The van der Waals surface area contributed by atoms with E-state index in [9.17, 15) is 4.39 Å². The second-order valence-corrected chi connectivity index (χ2v) is 3.77. The zero-order valence-electron chi connectivity index (χ0n) is 7.79. The van der Waals surface area contributed by atoms with Gasteiger partial charge in [0.05, 0.1) is 18.3 Å². The molecule has 0 saturated heterocycles. The van der Waals surface area contributed by atoms with E-state index in [1.165, 1.54) is 6.21 Å². The molecule has 13 heavy (non-hydrogen) atoms. The third-order valence-electron chi connectivity index (χ3n) is 2.38. The van der Waals surface area contributed by atoms with Crippen molar-refractivity contribution in [2.24, 2.45) is 10.9 Å². The van der Waals surface area contributed by atoms with Crippen LogP contribution in [-0.4, -0.2) is 18.3 Å². The SMILES string of the molecule is CC(C)C1=CC2N=CC(F)=CC2N1. The van der Waals surface area contributed by atoms with Crippen LogP contribution >= 0.6 is 0 Å². The molecule has 2 atom stereocenters. The number of hydrogen-bond acceptors (Lipinski definition) is 2. The second kappa shape index (κ2) is 2.98. The molecule has 70 valence electrons. The Labute approximate surface area is 77.2 Å². The van der Waals surface area contributed by atoms with E-state index in [1.54, 1.807) is 6.08 Å². The predicted octanol–water partition coefficient (Wildman–Crippen LogP) is 1.80. The van der Waals surface area contributed by atoms with Crippen LogP contribution in [0.4, 0.5) is 4.39 Å². The van der Waals surface area contributed by atoms with Gasteiger partial charge in [0.1, 0.15) is 5.83 Å². The zero-order valence-corrected chi connectivity index (χ0v) is 7.79. The minimum absolute atomic E-state index is 0.0300. The predicted molar refractivity (Wildman–Crippen MR) is 51.3 cm³/mol. The maximum atomic E-state index is 12.8. The molecule has 0 spiro atoms. The van der Waals surface area contributed by atoms with Gasteiger partial charge in [-0.1, -0.05) is 13.8 Å². The normalized spacial score (nSPS) is 31.1. The van der Waals surface area contributed by atoms with Crippen LogP contribution in [0, 0.1) is 5.92 Å². The summed E-state index contributed by atoms with van der Waals surface area (Å²) < 4.78 is 12.8. The van der Waals surface area contributed by atoms with Crippen molar-refractivity contribution in [3.8, 4) is 0 Å². The van der Waals surface area contributed by atoms with Gasteiger partial charge in [-0.05, 0) is 18.1 Å². The largest absolute Gasteiger partial charge is 0.379 e. The van der Waals surface area contributed by atoms with E-state index >= 15 is 0 Å². The molecule has 0 aliphatic carbocycles. The molecule has 0 aromatic carbocycles. The third-order valence-corrected chi connectivity index (χ3v) is 2.38. The summed E-state index contributed by atoms with van der Waals surface area (Å²) in [5.74, 6) is 0.212. The third kappa shape index (κ3) is 1.50. The molecule has 0 bridgehead atoms. The number of dihydropyridines is 1. The van der Waals surface area contributed by atoms with Gasteiger partial charge in [0.25, 0.3) is 0 Å². The molecule has 2 heterocycles. The van der Waals surface area contributed by atoms with Crippen LogP contribution in [0.2, 0.25) is 0 Å². The standard InChI is InChI=1S/C10H13FN2/c1-6(2)8-4-9-10(13-8)3-7(11)5-12-9/h3-6,9-10,13H,1-2H3. The summed E-state index contributed by atoms with van der Waals surface area (Å²) in [6.45, 7) is 4.22. The molecular formula is C10H13FN2. The summed E-state index contributed by atoms with van der Waals surface area (Å²) >= 11 is 0. The van der Waals surface area contributed by atoms with Crippen molar-refractivity contribution >= 4 is 6.21 Å². The molecular weight excluding hydrogens is 167 g/mol. The minimum Gasteiger partial charge on any atom is -0.379 e. The monoisotopic (exact) mass is 180 g/mol. The number of hydrogen-bond donors (Lipinski definition) is 1. The van der Waals surface area contributed by atoms with Gasteiger partial charge in [-0.25, -0.2) is 4.39 Å². The van der Waals surface area contributed by atoms with Gasteiger partial charge in [-0.15, -0.1) is 0 Å². The Kier molecular flexibility index (Phi) is 1.94. The molecule has 2 rings (SSSR count). The van der Waals surface area contributed by atoms with E-state index in [4.69, 9.17) is 0 Å². The van der Waals surface area contributed by atoms with Crippen molar-refractivity contribution in [2.45, 2.75) is 25.9 Å². The maximum absolute atomic E-state index is 12.8. The number of fused-ring (bicyclic) bond motifs is 1. The lowest BCUT2D eigenvalue weighted by molar-refractivity contribution is 0.581. The number of allylic oxidation sites excluding steroid dienone is 2. The highest BCUT2D eigenvalue weighted by molar-refractivity contribution is 5.77. The first-order chi connectivity index (χ1) is 6.16. The zero-order chi connectivity index (χ0) is 9.42. The summed E-state index contributed by atoms with van der Waals surface area (Å²) in [5.41, 5.74) is 1.16. The number of aliphatic imine (C=N–C) groups is 1. The summed E-state index contributed by atoms with van der Waals surface area (Å²) in [4.78, 5) is 4.10. The van der Waals surface area contributed by atoms with Crippen LogP contribution in [0.5, 0.6) is 0 Å². The molecule has 0 aromatic rings. The van der Waals surface area contributed by atoms with Crippen LogP contribution in [0.25, 0.3) is 0 Å². The van der Waals surface area contributed by atoms with Crippen LogP contribution < -0.4 is 5.32 Å². The maximum Gasteiger partial charge on any atom is 0.139 e. The topological polar surface area (TPSA) is 24.4 Å². The molecule has 2 unspecified atom stereocenters. The highest BCUT2D eigenvalue weighted by atomic mass is 19.1. The van der Waals surface area contributed by atoms with Gasteiger partial charge < -0.3 is 5.32 Å². The van der Waals surface area contributed by atoms with E-state index in [-0.39, 0.29) is 17.9 Å².